The first-order valence-corrected chi connectivity index (χ1v) is 30.2. The Morgan fingerprint density at radius 1 is 0.372 bits per heavy atom. The van der Waals surface area contributed by atoms with Gasteiger partial charge in [0.05, 0.1) is 83.3 Å². The topological polar surface area (TPSA) is 466 Å². The van der Waals surface area contributed by atoms with Crippen molar-refractivity contribution < 1.29 is 117 Å². The molecule has 3 fully saturated rings. The fraction of sp³-hybridized carbons (Fsp3) is 0.891. The van der Waals surface area contributed by atoms with Crippen LogP contribution in [0.2, 0.25) is 0 Å². The maximum atomic E-state index is 12.6. The van der Waals surface area contributed by atoms with Gasteiger partial charge in [-0.15, -0.1) is 0 Å². The van der Waals surface area contributed by atoms with E-state index in [4.69, 9.17) is 48.4 Å². The number of unbranched alkanes of at least 4 members (excludes halogenated alkanes) is 3. The SMILES string of the molecule is NC(COCCC(=O)NCCCNC(=O)CCCCO[C@H]1C[C@@H](O)[C@@H](O)[C@@H](CO)O1)(COCCC(=O)NCCCNC(=O)CCCCO[C@H]1C[C@@H](O)[C@@H](O)[C@@H](CO)O1)COCCC(=O)NCCCNC(=O)CCCCO[C@H]1C[C@@H](O)[C@@H](O)[C@@H](CO)O1. The summed E-state index contributed by atoms with van der Waals surface area (Å²) in [5.74, 6) is -1.35. The molecule has 0 spiro atoms. The fourth-order valence-electron chi connectivity index (χ4n) is 8.94. The Kier molecular flexibility index (Phi) is 40.2. The van der Waals surface area contributed by atoms with Crippen LogP contribution in [0.15, 0.2) is 0 Å². The number of carbonyl (C=O) groups excluding carboxylic acids is 6. The molecule has 500 valence electrons. The van der Waals surface area contributed by atoms with Crippen molar-refractivity contribution in [2.75, 3.05) is 119 Å². The van der Waals surface area contributed by atoms with E-state index in [1.54, 1.807) is 0 Å². The number of hydrogen-bond acceptors (Lipinski definition) is 25. The van der Waals surface area contributed by atoms with Gasteiger partial charge in [-0.1, -0.05) is 0 Å². The lowest BCUT2D eigenvalue weighted by Gasteiger charge is -2.36. The first-order chi connectivity index (χ1) is 41.4. The molecule has 3 heterocycles. The van der Waals surface area contributed by atoms with E-state index < -0.39 is 99.2 Å². The summed E-state index contributed by atoms with van der Waals surface area (Å²) in [4.78, 5) is 74.5. The molecule has 0 aliphatic carbocycles. The molecule has 0 aromatic carbocycles. The van der Waals surface area contributed by atoms with E-state index in [1.807, 2.05) is 0 Å². The summed E-state index contributed by atoms with van der Waals surface area (Å²) in [5, 5.41) is 104. The monoisotopic (exact) mass is 1240 g/mol. The molecule has 31 heteroatoms. The number of carbonyl (C=O) groups is 6. The number of aliphatic hydroxyl groups is 9. The second-order valence-electron chi connectivity index (χ2n) is 21.7. The van der Waals surface area contributed by atoms with E-state index >= 15 is 0 Å². The van der Waals surface area contributed by atoms with Crippen molar-refractivity contribution in [1.82, 2.24) is 31.9 Å². The number of hydrogen-bond donors (Lipinski definition) is 16. The zero-order valence-electron chi connectivity index (χ0n) is 49.6. The summed E-state index contributed by atoms with van der Waals surface area (Å²) in [6.45, 7) is 1.07. The van der Waals surface area contributed by atoms with Crippen LogP contribution in [0.1, 0.15) is 116 Å². The van der Waals surface area contributed by atoms with Crippen LogP contribution in [0.3, 0.4) is 0 Å². The molecule has 12 atom stereocenters. The molecule has 31 nitrogen and oxygen atoms in total. The minimum absolute atomic E-state index is 0.00377. The van der Waals surface area contributed by atoms with E-state index in [9.17, 15) is 74.7 Å². The molecule has 3 rings (SSSR count). The summed E-state index contributed by atoms with van der Waals surface area (Å²) in [5.41, 5.74) is 5.42. The summed E-state index contributed by atoms with van der Waals surface area (Å²) in [6, 6.07) is 0. The zero-order chi connectivity index (χ0) is 63.0. The third-order valence-corrected chi connectivity index (χ3v) is 14.0. The van der Waals surface area contributed by atoms with E-state index in [-0.39, 0.29) is 153 Å². The smallest absolute Gasteiger partial charge is 0.222 e. The fourth-order valence-corrected chi connectivity index (χ4v) is 8.94. The first-order valence-electron chi connectivity index (χ1n) is 30.2. The molecule has 17 N–H and O–H groups in total. The Labute approximate surface area is 502 Å². The Bertz CT molecular complexity index is 1690. The van der Waals surface area contributed by atoms with Gasteiger partial charge in [-0.05, 0) is 57.8 Å². The normalized spacial score (nSPS) is 25.0. The third kappa shape index (κ3) is 33.6. The van der Waals surface area contributed by atoms with E-state index in [2.05, 4.69) is 31.9 Å². The van der Waals surface area contributed by atoms with Gasteiger partial charge in [-0.25, -0.2) is 0 Å². The van der Waals surface area contributed by atoms with Gasteiger partial charge in [-0.2, -0.15) is 0 Å². The Morgan fingerprint density at radius 2 is 0.616 bits per heavy atom. The molecule has 0 radical (unpaired) electrons. The zero-order valence-corrected chi connectivity index (χ0v) is 49.6. The molecular weight excluding hydrogens is 1140 g/mol. The molecule has 0 aromatic rings. The average Bonchev–Trinajstić information content (AvgIpc) is 3.69. The highest BCUT2D eigenvalue weighted by Crippen LogP contribution is 2.24. The van der Waals surface area contributed by atoms with Crippen LogP contribution in [0.5, 0.6) is 0 Å². The Morgan fingerprint density at radius 3 is 0.860 bits per heavy atom. The number of ether oxygens (including phenoxy) is 9. The van der Waals surface area contributed by atoms with Crippen molar-refractivity contribution in [3.8, 4) is 0 Å². The van der Waals surface area contributed by atoms with Crippen molar-refractivity contribution in [2.45, 2.75) is 195 Å². The predicted molar refractivity (Wildman–Crippen MR) is 302 cm³/mol. The Balaban J connectivity index is 1.28. The van der Waals surface area contributed by atoms with Crippen LogP contribution in [0.25, 0.3) is 0 Å². The average molecular weight is 1240 g/mol. The van der Waals surface area contributed by atoms with Crippen molar-refractivity contribution >= 4 is 35.4 Å². The highest BCUT2D eigenvalue weighted by molar-refractivity contribution is 5.78. The standard InChI is InChI=1S/C55H101N7O24/c56-55(34-78-25-13-46(72)60-19-7-16-57-43(69)10-1-4-22-81-49-28-37(66)52(75)40(31-63)84-49,35-79-26-14-47(73)61-20-8-17-58-44(70)11-2-5-23-82-50-29-38(67)53(76)41(32-64)85-50)36-80-27-15-48(74)62-21-9-18-59-45(71)12-3-6-24-83-51-30-39(68)54(77)42(33-65)86-51/h37-42,49-54,63-68,75-77H,1-36,56H2,(H,57,69)(H,58,70)(H,59,71)(H,60,72)(H,61,73)(H,62,74)/t37-,38-,39-,40-,41-,42-,49-,50-,51-,52-,53-,54-/m1/s1. The number of nitrogens with one attached hydrogen (secondary N) is 6. The van der Waals surface area contributed by atoms with Gasteiger partial charge in [0.25, 0.3) is 0 Å². The molecule has 3 saturated heterocycles. The van der Waals surface area contributed by atoms with Crippen molar-refractivity contribution in [2.24, 2.45) is 5.73 Å². The maximum absolute atomic E-state index is 12.6. The molecule has 0 saturated carbocycles. The molecule has 3 aliphatic rings. The summed E-state index contributed by atoms with van der Waals surface area (Å²) >= 11 is 0. The number of amides is 6. The predicted octanol–water partition coefficient (Wildman–Crippen LogP) is -5.18. The Hall–Kier alpha value is -3.94. The van der Waals surface area contributed by atoms with Crippen LogP contribution >= 0.6 is 0 Å². The van der Waals surface area contributed by atoms with Gasteiger partial charge < -0.3 is 126 Å². The highest BCUT2D eigenvalue weighted by atomic mass is 16.7. The number of aliphatic hydroxyl groups excluding tert-OH is 9. The minimum atomic E-state index is -1.24. The molecular formula is C55H101N7O24. The van der Waals surface area contributed by atoms with Crippen molar-refractivity contribution in [1.29, 1.82) is 0 Å². The summed E-state index contributed by atoms with van der Waals surface area (Å²) in [7, 11) is 0. The summed E-state index contributed by atoms with van der Waals surface area (Å²) in [6.07, 6.45) is -6.21. The van der Waals surface area contributed by atoms with Crippen LogP contribution < -0.4 is 37.6 Å². The van der Waals surface area contributed by atoms with Gasteiger partial charge >= 0.3 is 0 Å². The minimum Gasteiger partial charge on any atom is -0.394 e. The number of nitrogens with two attached hydrogens (primary N) is 1. The van der Waals surface area contributed by atoms with Crippen LogP contribution in [-0.4, -0.2) is 279 Å². The lowest BCUT2D eigenvalue weighted by atomic mass is 10.0. The van der Waals surface area contributed by atoms with Gasteiger partial charge in [0.1, 0.15) is 36.6 Å². The van der Waals surface area contributed by atoms with E-state index in [0.29, 0.717) is 97.1 Å². The van der Waals surface area contributed by atoms with Crippen molar-refractivity contribution in [3.05, 3.63) is 0 Å². The summed E-state index contributed by atoms with van der Waals surface area (Å²) < 4.78 is 50.4. The van der Waals surface area contributed by atoms with Gasteiger partial charge in [-0.3, -0.25) is 28.8 Å². The molecule has 0 bridgehead atoms. The molecule has 0 aromatic heterocycles. The van der Waals surface area contributed by atoms with Gasteiger partial charge in [0.15, 0.2) is 18.9 Å². The second-order valence-corrected chi connectivity index (χ2v) is 21.7. The van der Waals surface area contributed by atoms with Gasteiger partial charge in [0.2, 0.25) is 35.4 Å². The molecule has 86 heavy (non-hydrogen) atoms. The molecule has 6 amide bonds. The lowest BCUT2D eigenvalue weighted by molar-refractivity contribution is -0.257. The number of rotatable bonds is 48. The quantitative estimate of drug-likeness (QED) is 0.0253. The van der Waals surface area contributed by atoms with Crippen LogP contribution in [0.4, 0.5) is 0 Å². The maximum Gasteiger partial charge on any atom is 0.222 e. The molecule has 3 aliphatic heterocycles. The van der Waals surface area contributed by atoms with Gasteiger partial charge in [0, 0.05) is 117 Å². The first kappa shape index (κ1) is 76.3. The second kappa shape index (κ2) is 45.3. The molecule has 0 unspecified atom stereocenters. The van der Waals surface area contributed by atoms with Crippen molar-refractivity contribution in [3.63, 3.8) is 0 Å². The van der Waals surface area contributed by atoms with E-state index in [0.717, 1.165) is 0 Å². The largest absolute Gasteiger partial charge is 0.394 e. The van der Waals surface area contributed by atoms with Crippen LogP contribution in [-0.2, 0) is 71.4 Å². The van der Waals surface area contributed by atoms with Crippen LogP contribution in [0, 0.1) is 0 Å². The lowest BCUT2D eigenvalue weighted by Crippen LogP contribution is -2.53. The highest BCUT2D eigenvalue weighted by Gasteiger charge is 2.39. The van der Waals surface area contributed by atoms with E-state index in [1.165, 1.54) is 0 Å². The third-order valence-electron chi connectivity index (χ3n) is 14.0.